The summed E-state index contributed by atoms with van der Waals surface area (Å²) in [6, 6.07) is 8.27. The summed E-state index contributed by atoms with van der Waals surface area (Å²) in [5, 5.41) is 0. The number of carbonyl (C=O) groups excluding carboxylic acids is 1. The molecule has 0 aliphatic carbocycles. The van der Waals surface area contributed by atoms with Crippen LogP contribution in [0.4, 0.5) is 0 Å². The van der Waals surface area contributed by atoms with Crippen LogP contribution in [-0.2, 0) is 22.5 Å². The maximum Gasteiger partial charge on any atom is 0.137 e. The van der Waals surface area contributed by atoms with Crippen molar-refractivity contribution < 1.29 is 9.53 Å². The molecule has 0 bridgehead atoms. The van der Waals surface area contributed by atoms with Crippen molar-refractivity contribution in [3.05, 3.63) is 35.4 Å². The van der Waals surface area contributed by atoms with Crippen molar-refractivity contribution in [1.29, 1.82) is 0 Å². The lowest BCUT2D eigenvalue weighted by Gasteiger charge is -2.27. The highest BCUT2D eigenvalue weighted by atomic mass is 16.5. The Balaban J connectivity index is 2.04. The van der Waals surface area contributed by atoms with Crippen LogP contribution in [0.5, 0.6) is 0 Å². The maximum atomic E-state index is 11.6. The molecule has 1 aromatic rings. The lowest BCUT2D eigenvalue weighted by Crippen LogP contribution is -2.35. The molecule has 1 saturated heterocycles. The number of ketones is 1. The number of hydrogen-bond acceptors (Lipinski definition) is 3. The quantitative estimate of drug-likeness (QED) is 0.797. The van der Waals surface area contributed by atoms with E-state index in [1.165, 1.54) is 11.1 Å². The third-order valence-electron chi connectivity index (χ3n) is 3.40. The first-order valence-electron chi connectivity index (χ1n) is 6.68. The third kappa shape index (κ3) is 3.65. The van der Waals surface area contributed by atoms with Crippen LogP contribution in [0.3, 0.4) is 0 Å². The van der Waals surface area contributed by atoms with Crippen LogP contribution in [-0.4, -0.2) is 37.0 Å². The number of hydrogen-bond donors (Lipinski definition) is 0. The zero-order valence-corrected chi connectivity index (χ0v) is 11.0. The van der Waals surface area contributed by atoms with Crippen LogP contribution in [0.1, 0.15) is 24.5 Å². The molecule has 1 heterocycles. The number of morpholine rings is 1. The van der Waals surface area contributed by atoms with E-state index < -0.39 is 0 Å². The Kier molecular flexibility index (Phi) is 4.90. The Hall–Kier alpha value is -1.19. The van der Waals surface area contributed by atoms with E-state index in [0.717, 1.165) is 32.8 Å². The summed E-state index contributed by atoms with van der Waals surface area (Å²) < 4.78 is 5.35. The number of carbonyl (C=O) groups is 1. The van der Waals surface area contributed by atoms with Gasteiger partial charge in [-0.15, -0.1) is 0 Å². The van der Waals surface area contributed by atoms with Crippen molar-refractivity contribution in [3.8, 4) is 0 Å². The summed E-state index contributed by atoms with van der Waals surface area (Å²) in [5.74, 6) is 0.310. The van der Waals surface area contributed by atoms with Crippen molar-refractivity contribution in [3.63, 3.8) is 0 Å². The van der Waals surface area contributed by atoms with E-state index in [4.69, 9.17) is 4.74 Å². The molecule has 1 aliphatic rings. The molecule has 98 valence electrons. The molecule has 0 N–H and O–H groups in total. The molecule has 0 radical (unpaired) electrons. The van der Waals surface area contributed by atoms with E-state index in [1.54, 1.807) is 0 Å². The van der Waals surface area contributed by atoms with Crippen molar-refractivity contribution in [1.82, 2.24) is 4.90 Å². The Morgan fingerprint density at radius 1 is 1.22 bits per heavy atom. The lowest BCUT2D eigenvalue weighted by molar-refractivity contribution is -0.118. The van der Waals surface area contributed by atoms with Crippen molar-refractivity contribution in [2.45, 2.75) is 26.3 Å². The first-order chi connectivity index (χ1) is 8.79. The minimum absolute atomic E-state index is 0.310. The molecule has 0 atom stereocenters. The molecule has 0 amide bonds. The number of ether oxygens (including phenoxy) is 1. The van der Waals surface area contributed by atoms with Gasteiger partial charge in [0.15, 0.2) is 0 Å². The molecule has 0 saturated carbocycles. The summed E-state index contributed by atoms with van der Waals surface area (Å²) in [5.41, 5.74) is 2.46. The summed E-state index contributed by atoms with van der Waals surface area (Å²) in [7, 11) is 0. The fourth-order valence-electron chi connectivity index (χ4n) is 2.22. The van der Waals surface area contributed by atoms with Gasteiger partial charge in [-0.3, -0.25) is 9.69 Å². The Bertz CT molecular complexity index is 397. The predicted octanol–water partition coefficient (Wildman–Crippen LogP) is 2.04. The monoisotopic (exact) mass is 247 g/mol. The average molecular weight is 247 g/mol. The molecule has 1 aliphatic heterocycles. The average Bonchev–Trinajstić information content (AvgIpc) is 2.42. The van der Waals surface area contributed by atoms with Crippen LogP contribution in [0, 0.1) is 0 Å². The van der Waals surface area contributed by atoms with E-state index >= 15 is 0 Å². The van der Waals surface area contributed by atoms with E-state index in [0.29, 0.717) is 18.6 Å². The largest absolute Gasteiger partial charge is 0.379 e. The zero-order valence-electron chi connectivity index (χ0n) is 11.0. The Morgan fingerprint density at radius 2 is 1.89 bits per heavy atom. The lowest BCUT2D eigenvalue weighted by atomic mass is 10.0. The van der Waals surface area contributed by atoms with Gasteiger partial charge in [-0.1, -0.05) is 31.2 Å². The molecule has 3 nitrogen and oxygen atoms in total. The fraction of sp³-hybridized carbons (Fsp3) is 0.533. The second-order valence-electron chi connectivity index (χ2n) is 4.73. The van der Waals surface area contributed by atoms with Gasteiger partial charge in [0.25, 0.3) is 0 Å². The molecular formula is C15H21NO2. The highest BCUT2D eigenvalue weighted by Gasteiger charge is 2.13. The van der Waals surface area contributed by atoms with Crippen molar-refractivity contribution in [2.75, 3.05) is 26.3 Å². The van der Waals surface area contributed by atoms with Crippen LogP contribution >= 0.6 is 0 Å². The second kappa shape index (κ2) is 6.66. The molecular weight excluding hydrogens is 226 g/mol. The van der Waals surface area contributed by atoms with Gasteiger partial charge in [0.05, 0.1) is 13.2 Å². The van der Waals surface area contributed by atoms with E-state index in [2.05, 4.69) is 23.1 Å². The van der Waals surface area contributed by atoms with E-state index in [9.17, 15) is 4.79 Å². The second-order valence-corrected chi connectivity index (χ2v) is 4.73. The van der Waals surface area contributed by atoms with Gasteiger partial charge in [-0.25, -0.2) is 0 Å². The normalized spacial score (nSPS) is 16.7. The Morgan fingerprint density at radius 3 is 2.56 bits per heavy atom. The van der Waals surface area contributed by atoms with Gasteiger partial charge in [-0.2, -0.15) is 0 Å². The van der Waals surface area contributed by atoms with E-state index in [1.807, 2.05) is 13.0 Å². The summed E-state index contributed by atoms with van der Waals surface area (Å²) >= 11 is 0. The number of nitrogens with zero attached hydrogens (tertiary/aromatic N) is 1. The number of Topliss-reactive ketones (excluding diaryl/α,β-unsaturated/α-hetero) is 1. The van der Waals surface area contributed by atoms with E-state index in [-0.39, 0.29) is 0 Å². The van der Waals surface area contributed by atoms with Gasteiger partial charge in [0, 0.05) is 32.5 Å². The minimum Gasteiger partial charge on any atom is -0.379 e. The first-order valence-corrected chi connectivity index (χ1v) is 6.68. The van der Waals surface area contributed by atoms with Crippen molar-refractivity contribution >= 4 is 5.78 Å². The summed E-state index contributed by atoms with van der Waals surface area (Å²) in [6.45, 7) is 6.45. The highest BCUT2D eigenvalue weighted by molar-refractivity contribution is 5.80. The molecule has 18 heavy (non-hydrogen) atoms. The van der Waals surface area contributed by atoms with Crippen molar-refractivity contribution in [2.24, 2.45) is 0 Å². The molecule has 1 fully saturated rings. The number of benzene rings is 1. The molecule has 0 spiro atoms. The zero-order chi connectivity index (χ0) is 12.8. The van der Waals surface area contributed by atoms with Crippen LogP contribution in [0.15, 0.2) is 24.3 Å². The predicted molar refractivity (Wildman–Crippen MR) is 71.5 cm³/mol. The van der Waals surface area contributed by atoms with Crippen LogP contribution < -0.4 is 0 Å². The summed E-state index contributed by atoms with van der Waals surface area (Å²) in [6.07, 6.45) is 1.18. The van der Waals surface area contributed by atoms with Crippen LogP contribution in [0.25, 0.3) is 0 Å². The molecule has 1 aromatic carbocycles. The van der Waals surface area contributed by atoms with Gasteiger partial charge < -0.3 is 4.74 Å². The highest BCUT2D eigenvalue weighted by Crippen LogP contribution is 2.14. The van der Waals surface area contributed by atoms with Gasteiger partial charge in [-0.05, 0) is 11.1 Å². The minimum atomic E-state index is 0.310. The maximum absolute atomic E-state index is 11.6. The van der Waals surface area contributed by atoms with Crippen LogP contribution in [0.2, 0.25) is 0 Å². The third-order valence-corrected chi connectivity index (χ3v) is 3.40. The number of rotatable bonds is 5. The van der Waals surface area contributed by atoms with Gasteiger partial charge in [0.2, 0.25) is 0 Å². The smallest absolute Gasteiger partial charge is 0.137 e. The Labute approximate surface area is 109 Å². The first kappa shape index (κ1) is 13.2. The fourth-order valence-corrected chi connectivity index (χ4v) is 2.22. The van der Waals surface area contributed by atoms with Gasteiger partial charge >= 0.3 is 0 Å². The molecule has 0 unspecified atom stereocenters. The summed E-state index contributed by atoms with van der Waals surface area (Å²) in [4.78, 5) is 14.0. The molecule has 0 aromatic heterocycles. The molecule has 3 heteroatoms. The van der Waals surface area contributed by atoms with Gasteiger partial charge in [0.1, 0.15) is 5.78 Å². The topological polar surface area (TPSA) is 29.5 Å². The molecule has 2 rings (SSSR count). The standard InChI is InChI=1S/C15H21NO2/c1-2-15(17)11-13-5-3-4-6-14(13)12-16-7-9-18-10-8-16/h3-6H,2,7-12H2,1H3. The SMILES string of the molecule is CCC(=O)Cc1ccccc1CN1CCOCC1.